The van der Waals surface area contributed by atoms with Gasteiger partial charge in [-0.1, -0.05) is 99.4 Å². The van der Waals surface area contributed by atoms with Gasteiger partial charge in [0.1, 0.15) is 29.2 Å². The number of unbranched alkanes of at least 4 members (excludes halogenated alkanes) is 2. The number of carbonyl (C=O) groups excluding carboxylic acids is 11. The molecule has 24 nitrogen and oxygen atoms in total. The molecule has 2 aliphatic rings. The van der Waals surface area contributed by atoms with E-state index in [-0.39, 0.29) is 122 Å². The third-order valence-electron chi connectivity index (χ3n) is 18.0. The van der Waals surface area contributed by atoms with Gasteiger partial charge in [0, 0.05) is 106 Å². The second-order valence-corrected chi connectivity index (χ2v) is 27.3. The molecule has 9 atom stereocenters. The van der Waals surface area contributed by atoms with E-state index in [0.717, 1.165) is 10.5 Å². The molecule has 2 aliphatic heterocycles. The van der Waals surface area contributed by atoms with E-state index in [2.05, 4.69) is 35.1 Å². The van der Waals surface area contributed by atoms with E-state index in [1.165, 1.54) is 35.5 Å². The number of piperidine rings is 1. The monoisotopic (exact) mass is 1370 g/mol. The molecule has 5 rings (SSSR count). The van der Waals surface area contributed by atoms with Crippen molar-refractivity contribution in [3.05, 3.63) is 87.9 Å². The van der Waals surface area contributed by atoms with E-state index in [1.54, 1.807) is 74.7 Å². The smallest absolute Gasteiger partial charge is 0.410 e. The number of primary amides is 1. The summed E-state index contributed by atoms with van der Waals surface area (Å²) in [5, 5.41) is 23.5. The number of ketones is 2. The summed E-state index contributed by atoms with van der Waals surface area (Å²) in [6.07, 6.45) is 7.90. The van der Waals surface area contributed by atoms with Crippen LogP contribution in [0.15, 0.2) is 66.1 Å². The van der Waals surface area contributed by atoms with Crippen LogP contribution in [0.2, 0.25) is 0 Å². The lowest BCUT2D eigenvalue weighted by Gasteiger charge is -2.40. The molecule has 7 N–H and O–H groups in total. The van der Waals surface area contributed by atoms with Crippen molar-refractivity contribution >= 4 is 82.1 Å². The highest BCUT2D eigenvalue weighted by molar-refractivity contribution is 7.09. The van der Waals surface area contributed by atoms with E-state index < -0.39 is 71.9 Å². The van der Waals surface area contributed by atoms with E-state index >= 15 is 4.79 Å². The molecular weight excluding hydrogens is 1260 g/mol. The van der Waals surface area contributed by atoms with Gasteiger partial charge in [-0.25, -0.2) is 14.6 Å². The molecule has 0 spiro atoms. The number of urea groups is 1. The summed E-state index contributed by atoms with van der Waals surface area (Å²) in [5.74, 6) is -5.59. The number of nitrogens with two attached hydrogens (primary N) is 1. The van der Waals surface area contributed by atoms with Crippen LogP contribution in [0.3, 0.4) is 0 Å². The van der Waals surface area contributed by atoms with Gasteiger partial charge in [0.05, 0.1) is 25.1 Å². The summed E-state index contributed by atoms with van der Waals surface area (Å²) in [6, 6.07) is 10.0. The molecule has 0 saturated carbocycles. The average molecular weight is 1370 g/mol. The number of aromatic nitrogens is 1. The highest BCUT2D eigenvalue weighted by atomic mass is 32.1. The van der Waals surface area contributed by atoms with Gasteiger partial charge in [0.15, 0.2) is 11.6 Å². The van der Waals surface area contributed by atoms with E-state index in [9.17, 15) is 53.1 Å². The number of imide groups is 1. The molecule has 97 heavy (non-hydrogen) atoms. The number of aromatic hydroxyl groups is 1. The Morgan fingerprint density at radius 1 is 0.814 bits per heavy atom. The first kappa shape index (κ1) is 79.6. The first-order chi connectivity index (χ1) is 46.3. The normalized spacial score (nSPS) is 16.4. The number of thiazole rings is 1. The Morgan fingerprint density at radius 2 is 1.51 bits per heavy atom. The average Bonchev–Trinajstić information content (AvgIpc) is 1.70. The molecule has 534 valence electrons. The predicted molar refractivity (Wildman–Crippen MR) is 368 cm³/mol. The van der Waals surface area contributed by atoms with Gasteiger partial charge in [-0.3, -0.25) is 53.0 Å². The minimum atomic E-state index is -0.883. The number of hydrogen-bond acceptors (Lipinski definition) is 17. The number of phenols is 1. The van der Waals surface area contributed by atoms with Crippen LogP contribution in [0, 0.1) is 35.5 Å². The number of phenolic OH excluding ortho intramolecular Hbond substituents is 1. The minimum absolute atomic E-state index is 0.0603. The number of hydrogen-bond donors (Lipinski definition) is 6. The topological polar surface area (TPSA) is 332 Å². The number of nitrogens with one attached hydrogen (secondary N) is 4. The summed E-state index contributed by atoms with van der Waals surface area (Å²) in [5.41, 5.74) is 7.31. The van der Waals surface area contributed by atoms with Crippen molar-refractivity contribution in [2.75, 3.05) is 45.2 Å². The Hall–Kier alpha value is -8.06. The van der Waals surface area contributed by atoms with Gasteiger partial charge in [0.25, 0.3) is 17.7 Å². The fourth-order valence-corrected chi connectivity index (χ4v) is 13.2. The lowest BCUT2D eigenvalue weighted by atomic mass is 9.82. The fourth-order valence-electron chi connectivity index (χ4n) is 12.3. The zero-order chi connectivity index (χ0) is 71.3. The lowest BCUT2D eigenvalue weighted by molar-refractivity contribution is -0.145. The van der Waals surface area contributed by atoms with Gasteiger partial charge >= 0.3 is 18.1 Å². The quantitative estimate of drug-likeness (QED) is 0.0174. The van der Waals surface area contributed by atoms with Gasteiger partial charge in [-0.2, -0.15) is 0 Å². The third-order valence-corrected chi connectivity index (χ3v) is 19.0. The molecule has 1 aromatic heterocycles. The van der Waals surface area contributed by atoms with Crippen molar-refractivity contribution in [2.45, 2.75) is 208 Å². The maximum atomic E-state index is 15.3. The van der Waals surface area contributed by atoms with Crippen molar-refractivity contribution in [3.8, 4) is 5.75 Å². The van der Waals surface area contributed by atoms with Gasteiger partial charge in [0.2, 0.25) is 17.7 Å². The summed E-state index contributed by atoms with van der Waals surface area (Å²) in [7, 11) is 1.32. The maximum Gasteiger partial charge on any atom is 0.410 e. The Kier molecular flexibility index (Phi) is 33.3. The second-order valence-electron chi connectivity index (χ2n) is 26.4. The van der Waals surface area contributed by atoms with Crippen LogP contribution >= 0.6 is 11.3 Å². The SMILES string of the molecule is CCCO[C@H](C[C@H](C(C)C)N(CCC)C(=O)[C@@H](CC(=O)[C@H]1CCCCN1C(=O)OCc1ccc(NC(=O)[C@H](CCCNC(N)=O)CC(=O)[C@@H](NC(=O)CCCCCN2C(=O)C=CC2=O)C(C)C)cc1)[C@@H](C)CC)c1nc(C(=O)N[C@@H](Cc2ccc(O)cc2)C[C@H](C)C(=O)OC)cs1. The first-order valence-corrected chi connectivity index (χ1v) is 35.5. The Bertz CT molecular complexity index is 3120. The molecule has 9 amide bonds. The number of carbonyl (C=O) groups is 11. The molecule has 3 aromatic rings. The van der Waals surface area contributed by atoms with Crippen LogP contribution in [0.1, 0.15) is 198 Å². The van der Waals surface area contributed by atoms with Crippen LogP contribution in [-0.2, 0) is 65.6 Å². The predicted octanol–water partition coefficient (Wildman–Crippen LogP) is 9.91. The molecule has 2 aromatic carbocycles. The number of ether oxygens (including phenoxy) is 3. The zero-order valence-electron chi connectivity index (χ0n) is 58.4. The van der Waals surface area contributed by atoms with Gasteiger partial charge in [-0.15, -0.1) is 11.3 Å². The summed E-state index contributed by atoms with van der Waals surface area (Å²) in [4.78, 5) is 156. The minimum Gasteiger partial charge on any atom is -0.508 e. The number of benzene rings is 2. The molecule has 0 bridgehead atoms. The largest absolute Gasteiger partial charge is 0.508 e. The standard InChI is InChI=1S/C72H105N9O15S/c1-11-34-79(58(45(4)5)42-61(95-37-12-2)68-77-56(44-97-68)67(89)76-53(38-48(9)70(91)94-10)39-49-25-29-54(82)30-26-49)69(90)55(47(8)13-3)41-59(83)57-21-16-18-35-80(57)72(93)96-43-50-23-27-52(28-24-50)75-66(88)51(20-19-33-74-71(73)92)40-60(84)65(46(6)7)78-62(85)22-15-14-17-36-81-63(86)31-32-64(81)87/h23-32,44-48,51,53,55,57-58,61,65,82H,11-22,33-43H2,1-10H3,(H,75,88)(H,76,89)(H,78,85)(H3,73,74,92)/t47-,48-,51+,53+,55-,57+,58+,61+,65-/m0/s1. The Morgan fingerprint density at radius 3 is 2.13 bits per heavy atom. The maximum absolute atomic E-state index is 15.3. The van der Waals surface area contributed by atoms with Crippen LogP contribution in [0.5, 0.6) is 5.75 Å². The molecule has 0 aliphatic carbocycles. The number of esters is 1. The fraction of sp³-hybridized carbons (Fsp3) is 0.611. The van der Waals surface area contributed by atoms with E-state index in [0.29, 0.717) is 113 Å². The number of anilines is 1. The molecular formula is C72H105N9O15S. The summed E-state index contributed by atoms with van der Waals surface area (Å²) < 4.78 is 17.4. The van der Waals surface area contributed by atoms with Crippen molar-refractivity contribution in [2.24, 2.45) is 41.2 Å². The molecule has 1 fully saturated rings. The van der Waals surface area contributed by atoms with Crippen LogP contribution in [0.25, 0.3) is 0 Å². The highest BCUT2D eigenvalue weighted by Gasteiger charge is 2.41. The van der Waals surface area contributed by atoms with Crippen molar-refractivity contribution < 1.29 is 72.1 Å². The van der Waals surface area contributed by atoms with Gasteiger partial charge < -0.3 is 51.2 Å². The number of nitrogens with zero attached hydrogens (tertiary/aromatic N) is 4. The van der Waals surface area contributed by atoms with Crippen molar-refractivity contribution in [1.82, 2.24) is 35.6 Å². The molecule has 1 saturated heterocycles. The van der Waals surface area contributed by atoms with Crippen LogP contribution in [-0.4, -0.2) is 154 Å². The third kappa shape index (κ3) is 25.4. The first-order valence-electron chi connectivity index (χ1n) is 34.6. The number of Topliss-reactive ketones (excluding diaryl/α,β-unsaturated/α-hetero) is 2. The number of amides is 9. The number of rotatable bonds is 42. The zero-order valence-corrected chi connectivity index (χ0v) is 59.2. The van der Waals surface area contributed by atoms with Crippen molar-refractivity contribution in [3.63, 3.8) is 0 Å². The van der Waals surface area contributed by atoms with Crippen LogP contribution in [0.4, 0.5) is 15.3 Å². The highest BCUT2D eigenvalue weighted by Crippen LogP contribution is 2.35. The summed E-state index contributed by atoms with van der Waals surface area (Å²) >= 11 is 1.29. The van der Waals surface area contributed by atoms with E-state index in [1.807, 2.05) is 32.6 Å². The van der Waals surface area contributed by atoms with E-state index in [4.69, 9.17) is 24.9 Å². The summed E-state index contributed by atoms with van der Waals surface area (Å²) in [6.45, 7) is 18.8. The second kappa shape index (κ2) is 40.6. The van der Waals surface area contributed by atoms with Gasteiger partial charge in [-0.05, 0) is 124 Å². The lowest BCUT2D eigenvalue weighted by Crippen LogP contribution is -2.51. The number of methoxy groups -OCH3 is 1. The molecule has 0 radical (unpaired) electrons. The molecule has 3 heterocycles. The van der Waals surface area contributed by atoms with Crippen molar-refractivity contribution in [1.29, 1.82) is 0 Å². The van der Waals surface area contributed by atoms with Crippen LogP contribution < -0.4 is 27.0 Å². The Labute approximate surface area is 575 Å². The molecule has 25 heteroatoms. The Balaban J connectivity index is 1.22. The number of likely N-dealkylation sites (tertiary alicyclic amines) is 1. The molecule has 0 unspecified atom stereocenters.